The number of hydrogen-bond acceptors (Lipinski definition) is 3. The number of carbonyl (C=O) groups is 1. The van der Waals surface area contributed by atoms with Gasteiger partial charge in [0.1, 0.15) is 5.75 Å². The monoisotopic (exact) mass is 227 g/mol. The SMILES string of the molecule is O=C(CCOc1ccccc1)c1cccnc1. The van der Waals surface area contributed by atoms with Gasteiger partial charge in [0.2, 0.25) is 0 Å². The van der Waals surface area contributed by atoms with E-state index in [4.69, 9.17) is 4.74 Å². The molecule has 2 rings (SSSR count). The molecule has 3 heteroatoms. The summed E-state index contributed by atoms with van der Waals surface area (Å²) >= 11 is 0. The third-order valence-electron chi connectivity index (χ3n) is 2.32. The van der Waals surface area contributed by atoms with Gasteiger partial charge in [-0.1, -0.05) is 18.2 Å². The highest BCUT2D eigenvalue weighted by atomic mass is 16.5. The van der Waals surface area contributed by atoms with E-state index < -0.39 is 0 Å². The van der Waals surface area contributed by atoms with Crippen molar-refractivity contribution in [3.05, 3.63) is 60.4 Å². The molecule has 0 aliphatic carbocycles. The lowest BCUT2D eigenvalue weighted by atomic mass is 10.1. The molecule has 3 nitrogen and oxygen atoms in total. The first-order valence-electron chi connectivity index (χ1n) is 5.47. The molecule has 1 aromatic heterocycles. The van der Waals surface area contributed by atoms with E-state index in [-0.39, 0.29) is 5.78 Å². The van der Waals surface area contributed by atoms with Gasteiger partial charge in [-0.3, -0.25) is 9.78 Å². The summed E-state index contributed by atoms with van der Waals surface area (Å²) in [6, 6.07) is 13.0. The Kier molecular flexibility index (Phi) is 3.86. The smallest absolute Gasteiger partial charge is 0.167 e. The third kappa shape index (κ3) is 3.41. The van der Waals surface area contributed by atoms with Crippen LogP contribution in [0.2, 0.25) is 0 Å². The molecule has 0 atom stereocenters. The Morgan fingerprint density at radius 2 is 1.94 bits per heavy atom. The number of nitrogens with zero attached hydrogens (tertiary/aromatic N) is 1. The molecule has 0 aliphatic heterocycles. The first-order valence-corrected chi connectivity index (χ1v) is 5.47. The van der Waals surface area contributed by atoms with Gasteiger partial charge in [-0.05, 0) is 24.3 Å². The van der Waals surface area contributed by atoms with E-state index in [2.05, 4.69) is 4.98 Å². The van der Waals surface area contributed by atoms with Gasteiger partial charge in [0, 0.05) is 24.4 Å². The number of hydrogen-bond donors (Lipinski definition) is 0. The first kappa shape index (κ1) is 11.3. The van der Waals surface area contributed by atoms with Gasteiger partial charge < -0.3 is 4.74 Å². The molecule has 86 valence electrons. The maximum Gasteiger partial charge on any atom is 0.167 e. The van der Waals surface area contributed by atoms with Crippen molar-refractivity contribution in [1.82, 2.24) is 4.98 Å². The van der Waals surface area contributed by atoms with Gasteiger partial charge >= 0.3 is 0 Å². The van der Waals surface area contributed by atoms with Gasteiger partial charge in [0.05, 0.1) is 6.61 Å². The molecule has 0 saturated heterocycles. The predicted octanol–water partition coefficient (Wildman–Crippen LogP) is 2.73. The minimum atomic E-state index is 0.0500. The molecule has 0 N–H and O–H groups in total. The zero-order chi connectivity index (χ0) is 11.9. The van der Waals surface area contributed by atoms with Crippen molar-refractivity contribution in [3.63, 3.8) is 0 Å². The van der Waals surface area contributed by atoms with Crippen molar-refractivity contribution in [3.8, 4) is 5.75 Å². The molecule has 0 bridgehead atoms. The van der Waals surface area contributed by atoms with E-state index in [1.54, 1.807) is 24.5 Å². The Bertz CT molecular complexity index is 468. The number of rotatable bonds is 5. The van der Waals surface area contributed by atoms with Crippen LogP contribution in [0.15, 0.2) is 54.9 Å². The molecule has 0 unspecified atom stereocenters. The normalized spacial score (nSPS) is 9.88. The van der Waals surface area contributed by atoms with Crippen molar-refractivity contribution < 1.29 is 9.53 Å². The summed E-state index contributed by atoms with van der Waals surface area (Å²) in [6.07, 6.45) is 3.59. The highest BCUT2D eigenvalue weighted by Gasteiger charge is 2.05. The minimum absolute atomic E-state index is 0.0500. The zero-order valence-corrected chi connectivity index (χ0v) is 9.37. The lowest BCUT2D eigenvalue weighted by Crippen LogP contribution is -2.06. The van der Waals surface area contributed by atoms with Crippen LogP contribution in [-0.2, 0) is 0 Å². The van der Waals surface area contributed by atoms with Crippen LogP contribution in [0.25, 0.3) is 0 Å². The second-order valence-corrected chi connectivity index (χ2v) is 3.58. The summed E-state index contributed by atoms with van der Waals surface area (Å²) in [5, 5.41) is 0. The summed E-state index contributed by atoms with van der Waals surface area (Å²) in [5.74, 6) is 0.834. The van der Waals surface area contributed by atoms with Crippen LogP contribution in [0.3, 0.4) is 0 Å². The molecular weight excluding hydrogens is 214 g/mol. The van der Waals surface area contributed by atoms with Crippen LogP contribution in [0.1, 0.15) is 16.8 Å². The van der Waals surface area contributed by atoms with Crippen molar-refractivity contribution in [2.75, 3.05) is 6.61 Å². The average Bonchev–Trinajstić information content (AvgIpc) is 2.41. The third-order valence-corrected chi connectivity index (χ3v) is 2.32. The molecule has 1 heterocycles. The Morgan fingerprint density at radius 1 is 1.12 bits per heavy atom. The Morgan fingerprint density at radius 3 is 2.65 bits per heavy atom. The Balaban J connectivity index is 1.82. The van der Waals surface area contributed by atoms with E-state index in [9.17, 15) is 4.79 Å². The van der Waals surface area contributed by atoms with Crippen molar-refractivity contribution in [2.24, 2.45) is 0 Å². The van der Waals surface area contributed by atoms with Gasteiger partial charge in [0.25, 0.3) is 0 Å². The highest BCUT2D eigenvalue weighted by Crippen LogP contribution is 2.09. The van der Waals surface area contributed by atoms with Crippen LogP contribution in [0.5, 0.6) is 5.75 Å². The molecule has 0 radical (unpaired) electrons. The number of carbonyl (C=O) groups excluding carboxylic acids is 1. The van der Waals surface area contributed by atoms with E-state index in [1.165, 1.54) is 0 Å². The predicted molar refractivity (Wildman–Crippen MR) is 65.1 cm³/mol. The second kappa shape index (κ2) is 5.80. The molecule has 0 amide bonds. The lowest BCUT2D eigenvalue weighted by Gasteiger charge is -2.04. The number of aromatic nitrogens is 1. The quantitative estimate of drug-likeness (QED) is 0.737. The summed E-state index contributed by atoms with van der Waals surface area (Å²) in [6.45, 7) is 0.387. The summed E-state index contributed by atoms with van der Waals surface area (Å²) < 4.78 is 5.46. The second-order valence-electron chi connectivity index (χ2n) is 3.58. The molecule has 0 spiro atoms. The highest BCUT2D eigenvalue weighted by molar-refractivity contribution is 5.95. The summed E-state index contributed by atoms with van der Waals surface area (Å²) in [4.78, 5) is 15.6. The fourth-order valence-electron chi connectivity index (χ4n) is 1.45. The molecule has 1 aromatic carbocycles. The van der Waals surface area contributed by atoms with Crippen molar-refractivity contribution in [2.45, 2.75) is 6.42 Å². The van der Waals surface area contributed by atoms with E-state index in [1.807, 2.05) is 30.3 Å². The van der Waals surface area contributed by atoms with Crippen LogP contribution < -0.4 is 4.74 Å². The molecule has 0 aliphatic rings. The zero-order valence-electron chi connectivity index (χ0n) is 9.37. The number of para-hydroxylation sites is 1. The molecule has 17 heavy (non-hydrogen) atoms. The average molecular weight is 227 g/mol. The molecular formula is C14H13NO2. The first-order chi connectivity index (χ1) is 8.36. The van der Waals surface area contributed by atoms with Gasteiger partial charge in [0.15, 0.2) is 5.78 Å². The fourth-order valence-corrected chi connectivity index (χ4v) is 1.45. The number of ketones is 1. The largest absolute Gasteiger partial charge is 0.493 e. The topological polar surface area (TPSA) is 39.2 Å². The van der Waals surface area contributed by atoms with E-state index in [0.29, 0.717) is 18.6 Å². The Hall–Kier alpha value is -2.16. The maximum atomic E-state index is 11.7. The number of ether oxygens (including phenoxy) is 1. The van der Waals surface area contributed by atoms with Gasteiger partial charge in [-0.15, -0.1) is 0 Å². The maximum absolute atomic E-state index is 11.7. The van der Waals surface area contributed by atoms with E-state index >= 15 is 0 Å². The molecule has 0 fully saturated rings. The van der Waals surface area contributed by atoms with Gasteiger partial charge in [-0.25, -0.2) is 0 Å². The standard InChI is InChI=1S/C14H13NO2/c16-14(12-5-4-9-15-11-12)8-10-17-13-6-2-1-3-7-13/h1-7,9,11H,8,10H2. The molecule has 2 aromatic rings. The van der Waals surface area contributed by atoms with Crippen molar-refractivity contribution >= 4 is 5.78 Å². The number of pyridine rings is 1. The minimum Gasteiger partial charge on any atom is -0.493 e. The van der Waals surface area contributed by atoms with Crippen LogP contribution in [-0.4, -0.2) is 17.4 Å². The van der Waals surface area contributed by atoms with Gasteiger partial charge in [-0.2, -0.15) is 0 Å². The molecule has 0 saturated carbocycles. The van der Waals surface area contributed by atoms with Crippen LogP contribution in [0, 0.1) is 0 Å². The summed E-state index contributed by atoms with van der Waals surface area (Å²) in [5.41, 5.74) is 0.629. The van der Waals surface area contributed by atoms with E-state index in [0.717, 1.165) is 5.75 Å². The summed E-state index contributed by atoms with van der Waals surface area (Å²) in [7, 11) is 0. The number of benzene rings is 1. The van der Waals surface area contributed by atoms with Crippen LogP contribution >= 0.6 is 0 Å². The lowest BCUT2D eigenvalue weighted by molar-refractivity contribution is 0.0962. The Labute approximate surface area is 100 Å². The number of Topliss-reactive ketones (excluding diaryl/α,β-unsaturated/α-hetero) is 1. The van der Waals surface area contributed by atoms with Crippen molar-refractivity contribution in [1.29, 1.82) is 0 Å². The fraction of sp³-hybridized carbons (Fsp3) is 0.143. The van der Waals surface area contributed by atoms with Crippen LogP contribution in [0.4, 0.5) is 0 Å².